The zero-order chi connectivity index (χ0) is 12.4. The van der Waals surface area contributed by atoms with Gasteiger partial charge in [0.1, 0.15) is 17.3 Å². The van der Waals surface area contributed by atoms with Gasteiger partial charge in [0.25, 0.3) is 0 Å². The Morgan fingerprint density at radius 3 is 2.59 bits per heavy atom. The van der Waals surface area contributed by atoms with E-state index in [0.717, 1.165) is 6.07 Å². The molecule has 0 saturated carbocycles. The van der Waals surface area contributed by atoms with Crippen LogP contribution in [0.2, 0.25) is 0 Å². The molecule has 1 aromatic carbocycles. The fourth-order valence-corrected chi connectivity index (χ4v) is 1.47. The first-order valence-corrected chi connectivity index (χ1v) is 4.75. The van der Waals surface area contributed by atoms with E-state index in [0.29, 0.717) is 11.1 Å². The summed E-state index contributed by atoms with van der Waals surface area (Å²) < 4.78 is 13.1. The highest BCUT2D eigenvalue weighted by Crippen LogP contribution is 2.24. The number of hydrogen-bond donors (Lipinski definition) is 2. The molecule has 0 fully saturated rings. The van der Waals surface area contributed by atoms with Crippen LogP contribution in [0.1, 0.15) is 10.5 Å². The Balaban J connectivity index is 2.52. The first-order valence-electron chi connectivity index (χ1n) is 4.75. The van der Waals surface area contributed by atoms with E-state index in [9.17, 15) is 14.3 Å². The Bertz CT molecular complexity index is 563. The number of phenolic OH excluding ortho intramolecular Hbond substituents is 1. The fraction of sp³-hybridized carbons (Fsp3) is 0. The Labute approximate surface area is 96.0 Å². The molecule has 0 radical (unpaired) electrons. The third-order valence-corrected chi connectivity index (χ3v) is 2.19. The highest BCUT2D eigenvalue weighted by atomic mass is 19.1. The van der Waals surface area contributed by atoms with Crippen molar-refractivity contribution < 1.29 is 19.4 Å². The number of pyridine rings is 1. The maximum absolute atomic E-state index is 13.1. The van der Waals surface area contributed by atoms with Crippen LogP contribution >= 0.6 is 0 Å². The summed E-state index contributed by atoms with van der Waals surface area (Å²) in [6.07, 6.45) is 1.32. The van der Waals surface area contributed by atoms with Crippen molar-refractivity contribution in [1.29, 1.82) is 0 Å². The van der Waals surface area contributed by atoms with Gasteiger partial charge in [0.2, 0.25) is 0 Å². The van der Waals surface area contributed by atoms with Crippen LogP contribution in [0.4, 0.5) is 4.39 Å². The molecule has 2 N–H and O–H groups in total. The average Bonchev–Trinajstić information content (AvgIpc) is 2.28. The number of halogens is 1. The number of carboxylic acid groups (broad SMARTS) is 1. The molecule has 4 nitrogen and oxygen atoms in total. The lowest BCUT2D eigenvalue weighted by molar-refractivity contribution is 0.0690. The first kappa shape index (κ1) is 11.1. The summed E-state index contributed by atoms with van der Waals surface area (Å²) >= 11 is 0. The van der Waals surface area contributed by atoms with Crippen molar-refractivity contribution >= 4 is 5.97 Å². The van der Waals surface area contributed by atoms with Crippen molar-refractivity contribution in [3.63, 3.8) is 0 Å². The van der Waals surface area contributed by atoms with E-state index in [1.165, 1.54) is 24.4 Å². The quantitative estimate of drug-likeness (QED) is 0.834. The highest BCUT2D eigenvalue weighted by molar-refractivity contribution is 5.87. The van der Waals surface area contributed by atoms with Crippen LogP contribution < -0.4 is 0 Å². The highest BCUT2D eigenvalue weighted by Gasteiger charge is 2.08. The largest absolute Gasteiger partial charge is 0.508 e. The lowest BCUT2D eigenvalue weighted by atomic mass is 10.1. The molecule has 0 aliphatic heterocycles. The number of phenols is 1. The van der Waals surface area contributed by atoms with E-state index in [-0.39, 0.29) is 11.4 Å². The minimum absolute atomic E-state index is 0.133. The predicted octanol–water partition coefficient (Wildman–Crippen LogP) is 2.29. The maximum Gasteiger partial charge on any atom is 0.354 e. The van der Waals surface area contributed by atoms with E-state index in [1.807, 2.05) is 0 Å². The maximum atomic E-state index is 13.1. The summed E-state index contributed by atoms with van der Waals surface area (Å²) in [7, 11) is 0. The van der Waals surface area contributed by atoms with Gasteiger partial charge in [-0.05, 0) is 35.4 Å². The zero-order valence-corrected chi connectivity index (χ0v) is 8.59. The van der Waals surface area contributed by atoms with Gasteiger partial charge >= 0.3 is 5.97 Å². The third-order valence-electron chi connectivity index (χ3n) is 2.19. The number of benzene rings is 1. The van der Waals surface area contributed by atoms with Gasteiger partial charge in [-0.1, -0.05) is 0 Å². The molecule has 17 heavy (non-hydrogen) atoms. The van der Waals surface area contributed by atoms with Gasteiger partial charge in [-0.25, -0.2) is 14.2 Å². The van der Waals surface area contributed by atoms with Crippen molar-refractivity contribution in [2.24, 2.45) is 0 Å². The fourth-order valence-electron chi connectivity index (χ4n) is 1.47. The Kier molecular flexibility index (Phi) is 2.74. The van der Waals surface area contributed by atoms with E-state index in [1.54, 1.807) is 6.07 Å². The van der Waals surface area contributed by atoms with Crippen LogP contribution in [0.15, 0.2) is 36.5 Å². The van der Waals surface area contributed by atoms with Gasteiger partial charge in [-0.2, -0.15) is 0 Å². The molecule has 0 unspecified atom stereocenters. The molecule has 0 atom stereocenters. The molecule has 1 aromatic heterocycles. The summed E-state index contributed by atoms with van der Waals surface area (Å²) in [5.74, 6) is -1.96. The zero-order valence-electron chi connectivity index (χ0n) is 8.59. The molecular weight excluding hydrogens is 225 g/mol. The van der Waals surface area contributed by atoms with Crippen molar-refractivity contribution in [2.75, 3.05) is 0 Å². The molecule has 2 rings (SSSR count). The first-order chi connectivity index (χ1) is 8.06. The lowest BCUT2D eigenvalue weighted by Crippen LogP contribution is -1.99. The van der Waals surface area contributed by atoms with Crippen LogP contribution in [0, 0.1) is 5.82 Å². The van der Waals surface area contributed by atoms with Crippen LogP contribution in [0.5, 0.6) is 5.75 Å². The van der Waals surface area contributed by atoms with Gasteiger partial charge in [0.05, 0.1) is 0 Å². The molecule has 86 valence electrons. The summed E-state index contributed by atoms with van der Waals surface area (Å²) in [5.41, 5.74) is 0.742. The second-order valence-electron chi connectivity index (χ2n) is 3.43. The lowest BCUT2D eigenvalue weighted by Gasteiger charge is -2.03. The van der Waals surface area contributed by atoms with Crippen molar-refractivity contribution in [1.82, 2.24) is 4.98 Å². The molecule has 0 amide bonds. The molecule has 0 spiro atoms. The monoisotopic (exact) mass is 233 g/mol. The molecule has 2 aromatic rings. The number of aromatic carboxylic acids is 1. The summed E-state index contributed by atoms with van der Waals surface area (Å²) in [6.45, 7) is 0. The molecule has 1 heterocycles. The van der Waals surface area contributed by atoms with Crippen molar-refractivity contribution in [3.8, 4) is 16.9 Å². The van der Waals surface area contributed by atoms with E-state index in [2.05, 4.69) is 4.98 Å². The second-order valence-corrected chi connectivity index (χ2v) is 3.43. The van der Waals surface area contributed by atoms with Crippen LogP contribution in [0.25, 0.3) is 11.1 Å². The van der Waals surface area contributed by atoms with E-state index < -0.39 is 11.8 Å². The SMILES string of the molecule is O=C(O)c1cc(-c2cc(O)cc(F)c2)ccn1. The number of aromatic hydroxyl groups is 1. The van der Waals surface area contributed by atoms with Crippen LogP contribution in [-0.2, 0) is 0 Å². The van der Waals surface area contributed by atoms with Gasteiger partial charge in [-0.3, -0.25) is 0 Å². The number of carboxylic acids is 1. The minimum Gasteiger partial charge on any atom is -0.508 e. The normalized spacial score (nSPS) is 10.2. The second kappa shape index (κ2) is 4.21. The summed E-state index contributed by atoms with van der Waals surface area (Å²) in [6, 6.07) is 6.39. The number of nitrogens with zero attached hydrogens (tertiary/aromatic N) is 1. The smallest absolute Gasteiger partial charge is 0.354 e. The van der Waals surface area contributed by atoms with E-state index in [4.69, 9.17) is 5.11 Å². The van der Waals surface area contributed by atoms with E-state index >= 15 is 0 Å². The van der Waals surface area contributed by atoms with Gasteiger partial charge < -0.3 is 10.2 Å². The van der Waals surface area contributed by atoms with Gasteiger partial charge in [-0.15, -0.1) is 0 Å². The third kappa shape index (κ3) is 2.39. The molecule has 0 saturated heterocycles. The van der Waals surface area contributed by atoms with Crippen LogP contribution in [-0.4, -0.2) is 21.2 Å². The number of rotatable bonds is 2. The standard InChI is InChI=1S/C12H8FNO3/c13-9-3-8(4-10(15)6-9)7-1-2-14-11(5-7)12(16)17/h1-6,15H,(H,16,17). The molecule has 5 heteroatoms. The molecule has 0 aliphatic rings. The van der Waals surface area contributed by atoms with Crippen LogP contribution in [0.3, 0.4) is 0 Å². The summed E-state index contributed by atoms with van der Waals surface area (Å²) in [4.78, 5) is 14.4. The Morgan fingerprint density at radius 1 is 1.18 bits per heavy atom. The predicted molar refractivity (Wildman–Crippen MR) is 58.3 cm³/mol. The molecule has 0 bridgehead atoms. The van der Waals surface area contributed by atoms with Gasteiger partial charge in [0, 0.05) is 12.3 Å². The number of carbonyl (C=O) groups is 1. The molecule has 0 aliphatic carbocycles. The number of aromatic nitrogens is 1. The number of hydrogen-bond acceptors (Lipinski definition) is 3. The average molecular weight is 233 g/mol. The van der Waals surface area contributed by atoms with Crippen molar-refractivity contribution in [3.05, 3.63) is 48.0 Å². The minimum atomic E-state index is -1.16. The topological polar surface area (TPSA) is 70.4 Å². The van der Waals surface area contributed by atoms with Gasteiger partial charge in [0.15, 0.2) is 0 Å². The summed E-state index contributed by atoms with van der Waals surface area (Å²) in [5, 5.41) is 18.0. The Hall–Kier alpha value is -2.43. The molecular formula is C12H8FNO3. The van der Waals surface area contributed by atoms with Crippen molar-refractivity contribution in [2.45, 2.75) is 0 Å². The Morgan fingerprint density at radius 2 is 1.94 bits per heavy atom.